The first kappa shape index (κ1) is 22.5. The summed E-state index contributed by atoms with van der Waals surface area (Å²) in [7, 11) is -0.820. The predicted octanol–water partition coefficient (Wildman–Crippen LogP) is 2.50. The van der Waals surface area contributed by atoms with Gasteiger partial charge in [0.1, 0.15) is 12.4 Å². The van der Waals surface area contributed by atoms with Gasteiger partial charge in [-0.25, -0.2) is 17.5 Å². The summed E-state index contributed by atoms with van der Waals surface area (Å²) in [6.45, 7) is 6.54. The molecule has 1 aromatic carbocycles. The van der Waals surface area contributed by atoms with Gasteiger partial charge >= 0.3 is 5.97 Å². The van der Waals surface area contributed by atoms with Gasteiger partial charge in [0.2, 0.25) is 5.09 Å². The van der Waals surface area contributed by atoms with E-state index in [0.29, 0.717) is 5.56 Å². The highest BCUT2D eigenvalue weighted by atomic mass is 32.2. The number of hydrogen-bond donors (Lipinski definition) is 0. The number of carbonyl (C=O) groups is 1. The third kappa shape index (κ3) is 5.48. The summed E-state index contributed by atoms with van der Waals surface area (Å²) in [5.41, 5.74) is 1.53. The lowest BCUT2D eigenvalue weighted by Gasteiger charge is -2.35. The fourth-order valence-corrected chi connectivity index (χ4v) is 4.20. The van der Waals surface area contributed by atoms with Gasteiger partial charge in [0, 0.05) is 33.7 Å². The van der Waals surface area contributed by atoms with Crippen LogP contribution >= 0.6 is 0 Å². The summed E-state index contributed by atoms with van der Waals surface area (Å²) in [4.78, 5) is 14.6. The Hall–Kier alpha value is -2.20. The van der Waals surface area contributed by atoms with Crippen molar-refractivity contribution in [3.05, 3.63) is 53.3 Å². The molecule has 2 aromatic rings. The topological polar surface area (TPSA) is 89.3 Å². The largest absolute Gasteiger partial charge is 0.454 e. The molecule has 8 nitrogen and oxygen atoms in total. The second-order valence-corrected chi connectivity index (χ2v) is 9.82. The summed E-state index contributed by atoms with van der Waals surface area (Å²) in [5, 5.41) is -0.186. The van der Waals surface area contributed by atoms with E-state index in [1.807, 2.05) is 12.1 Å². The van der Waals surface area contributed by atoms with Crippen LogP contribution in [0.15, 0.2) is 45.9 Å². The van der Waals surface area contributed by atoms with Crippen LogP contribution in [0.1, 0.15) is 35.5 Å². The number of hydrogen-bond acceptors (Lipinski definition) is 7. The Bertz CT molecular complexity index is 958. The van der Waals surface area contributed by atoms with Gasteiger partial charge in [-0.3, -0.25) is 4.90 Å². The smallest absolute Gasteiger partial charge is 0.338 e. The highest BCUT2D eigenvalue weighted by Gasteiger charge is 2.23. The summed E-state index contributed by atoms with van der Waals surface area (Å²) >= 11 is 0. The number of benzene rings is 1. The van der Waals surface area contributed by atoms with Gasteiger partial charge < -0.3 is 13.9 Å². The van der Waals surface area contributed by atoms with E-state index >= 15 is 0 Å². The van der Waals surface area contributed by atoms with E-state index in [0.717, 1.165) is 29.5 Å². The third-order valence-corrected chi connectivity index (χ3v) is 6.50. The van der Waals surface area contributed by atoms with Gasteiger partial charge in [-0.05, 0) is 43.7 Å². The number of rotatable bonds is 7. The van der Waals surface area contributed by atoms with Gasteiger partial charge in [0.05, 0.1) is 17.8 Å². The minimum absolute atomic E-state index is 0.146. The molecule has 0 saturated carbocycles. The lowest BCUT2D eigenvalue weighted by atomic mass is 10.1. The van der Waals surface area contributed by atoms with E-state index in [4.69, 9.17) is 13.9 Å². The van der Waals surface area contributed by atoms with Gasteiger partial charge in [0.15, 0.2) is 0 Å². The lowest BCUT2D eigenvalue weighted by Crippen LogP contribution is -2.44. The Morgan fingerprint density at radius 1 is 1.10 bits per heavy atom. The first-order chi connectivity index (χ1) is 14.1. The first-order valence-corrected chi connectivity index (χ1v) is 11.2. The van der Waals surface area contributed by atoms with Crippen molar-refractivity contribution in [1.29, 1.82) is 0 Å². The van der Waals surface area contributed by atoms with Gasteiger partial charge in [-0.15, -0.1) is 0 Å². The van der Waals surface area contributed by atoms with Gasteiger partial charge in [-0.2, -0.15) is 0 Å². The Morgan fingerprint density at radius 2 is 1.73 bits per heavy atom. The minimum atomic E-state index is -3.66. The van der Waals surface area contributed by atoms with Gasteiger partial charge in [-0.1, -0.05) is 12.1 Å². The molecule has 1 aliphatic heterocycles. The van der Waals surface area contributed by atoms with Crippen LogP contribution in [-0.4, -0.2) is 63.0 Å². The van der Waals surface area contributed by atoms with Crippen molar-refractivity contribution < 1.29 is 27.1 Å². The molecule has 2 unspecified atom stereocenters. The zero-order valence-corrected chi connectivity index (χ0v) is 18.5. The molecule has 2 heterocycles. The molecule has 9 heteroatoms. The second-order valence-electron chi connectivity index (χ2n) is 7.73. The average molecular weight is 437 g/mol. The van der Waals surface area contributed by atoms with Crippen molar-refractivity contribution >= 4 is 16.0 Å². The van der Waals surface area contributed by atoms with Crippen molar-refractivity contribution in [2.75, 3.05) is 27.2 Å². The Morgan fingerprint density at radius 3 is 2.33 bits per heavy atom. The number of sulfonamides is 1. The lowest BCUT2D eigenvalue weighted by molar-refractivity contribution is -0.0704. The maximum Gasteiger partial charge on any atom is 0.338 e. The van der Waals surface area contributed by atoms with E-state index in [1.54, 1.807) is 12.1 Å². The van der Waals surface area contributed by atoms with E-state index in [2.05, 4.69) is 18.7 Å². The van der Waals surface area contributed by atoms with Crippen molar-refractivity contribution in [2.24, 2.45) is 0 Å². The average Bonchev–Trinajstić information content (AvgIpc) is 3.15. The van der Waals surface area contributed by atoms with E-state index in [-0.39, 0.29) is 29.7 Å². The second kappa shape index (κ2) is 9.30. The molecule has 0 aliphatic carbocycles. The minimum Gasteiger partial charge on any atom is -0.454 e. The number of esters is 1. The number of carbonyl (C=O) groups excluding carboxylic acids is 1. The third-order valence-electron chi connectivity index (χ3n) is 4.81. The summed E-state index contributed by atoms with van der Waals surface area (Å²) < 4.78 is 41.4. The number of ether oxygens (including phenoxy) is 2. The Balaban J connectivity index is 1.54. The molecule has 0 radical (unpaired) electrons. The van der Waals surface area contributed by atoms with E-state index in [9.17, 15) is 13.2 Å². The summed E-state index contributed by atoms with van der Waals surface area (Å²) in [5.74, 6) is -0.237. The van der Waals surface area contributed by atoms with Crippen LogP contribution < -0.4 is 0 Å². The van der Waals surface area contributed by atoms with Crippen LogP contribution in [0.25, 0.3) is 0 Å². The maximum absolute atomic E-state index is 12.3. The number of morpholine rings is 1. The molecular formula is C21H28N2O6S. The first-order valence-electron chi connectivity index (χ1n) is 9.80. The van der Waals surface area contributed by atoms with Gasteiger partial charge in [0.25, 0.3) is 10.0 Å². The molecule has 2 atom stereocenters. The normalized spacial score (nSPS) is 20.4. The van der Waals surface area contributed by atoms with Crippen molar-refractivity contribution in [2.45, 2.75) is 44.3 Å². The van der Waals surface area contributed by atoms with E-state index in [1.165, 1.54) is 26.2 Å². The Kier molecular flexibility index (Phi) is 6.97. The highest BCUT2D eigenvalue weighted by molar-refractivity contribution is 7.88. The molecule has 164 valence electrons. The molecule has 1 aromatic heterocycles. The standard InChI is InChI=1S/C21H28N2O6S/c1-15-11-23(12-16(2)28-15)13-17-5-7-18(8-6-17)21(24)27-14-19-9-10-20(29-19)30(25,26)22(3)4/h5-10,15-16H,11-14H2,1-4H3. The molecule has 0 amide bonds. The van der Waals surface area contributed by atoms with Crippen LogP contribution in [-0.2, 0) is 32.6 Å². The summed E-state index contributed by atoms with van der Waals surface area (Å²) in [6, 6.07) is 10.1. The van der Waals surface area contributed by atoms with Crippen molar-refractivity contribution in [3.8, 4) is 0 Å². The molecule has 1 fully saturated rings. The maximum atomic E-state index is 12.3. The zero-order chi connectivity index (χ0) is 21.9. The highest BCUT2D eigenvalue weighted by Crippen LogP contribution is 2.18. The fraction of sp³-hybridized carbons (Fsp3) is 0.476. The quantitative estimate of drug-likeness (QED) is 0.616. The van der Waals surface area contributed by atoms with Crippen LogP contribution in [0, 0.1) is 0 Å². The zero-order valence-electron chi connectivity index (χ0n) is 17.7. The molecule has 1 aliphatic rings. The predicted molar refractivity (Wildman–Crippen MR) is 110 cm³/mol. The molecule has 1 saturated heterocycles. The monoisotopic (exact) mass is 436 g/mol. The molecular weight excluding hydrogens is 408 g/mol. The van der Waals surface area contributed by atoms with E-state index < -0.39 is 16.0 Å². The number of nitrogens with zero attached hydrogens (tertiary/aromatic N) is 2. The molecule has 0 bridgehead atoms. The molecule has 0 spiro atoms. The Labute approximate surface area is 177 Å². The van der Waals surface area contributed by atoms with Crippen LogP contribution in [0.3, 0.4) is 0 Å². The molecule has 3 rings (SSSR count). The van der Waals surface area contributed by atoms with Crippen LogP contribution in [0.2, 0.25) is 0 Å². The SMILES string of the molecule is CC1CN(Cc2ccc(C(=O)OCc3ccc(S(=O)(=O)N(C)C)o3)cc2)CC(C)O1. The van der Waals surface area contributed by atoms with Crippen LogP contribution in [0.5, 0.6) is 0 Å². The fourth-order valence-electron chi connectivity index (χ4n) is 3.39. The number of furan rings is 1. The van der Waals surface area contributed by atoms with Crippen LogP contribution in [0.4, 0.5) is 0 Å². The molecule has 30 heavy (non-hydrogen) atoms. The summed E-state index contributed by atoms with van der Waals surface area (Å²) in [6.07, 6.45) is 0.413. The van der Waals surface area contributed by atoms with Crippen molar-refractivity contribution in [3.63, 3.8) is 0 Å². The molecule has 0 N–H and O–H groups in total. The van der Waals surface area contributed by atoms with Crippen molar-refractivity contribution in [1.82, 2.24) is 9.21 Å².